The molecule has 0 saturated carbocycles. The number of rotatable bonds is 6. The monoisotopic (exact) mass is 405 g/mol. The fraction of sp³-hybridized carbons (Fsp3) is 0.688. The molecule has 152 valence electrons. The highest BCUT2D eigenvalue weighted by molar-refractivity contribution is 8.14. The second kappa shape index (κ2) is 10.3. The Hall–Kier alpha value is -2.14. The molecular weight excluding hydrogens is 382 g/mol. The van der Waals surface area contributed by atoms with E-state index in [-0.39, 0.29) is 11.7 Å². The van der Waals surface area contributed by atoms with Crippen molar-refractivity contribution in [1.29, 1.82) is 0 Å². The van der Waals surface area contributed by atoms with Gasteiger partial charge in [-0.3, -0.25) is 24.0 Å². The summed E-state index contributed by atoms with van der Waals surface area (Å²) in [4.78, 5) is 57.5. The topological polar surface area (TPSA) is 134 Å². The first kappa shape index (κ1) is 22.9. The van der Waals surface area contributed by atoms with E-state index in [0.29, 0.717) is 0 Å². The number of hydrogen-bond acceptors (Lipinski definition) is 10. The molecule has 1 aliphatic rings. The minimum atomic E-state index is -1.16. The molecule has 11 heteroatoms. The van der Waals surface area contributed by atoms with Crippen molar-refractivity contribution in [3.8, 4) is 0 Å². The molecule has 0 aromatic rings. The zero-order chi connectivity index (χ0) is 20.7. The molecule has 1 N–H and O–H groups in total. The van der Waals surface area contributed by atoms with E-state index in [4.69, 9.17) is 18.9 Å². The van der Waals surface area contributed by atoms with Crippen LogP contribution in [0.25, 0.3) is 0 Å². The van der Waals surface area contributed by atoms with Crippen molar-refractivity contribution in [2.24, 2.45) is 0 Å². The summed E-state index contributed by atoms with van der Waals surface area (Å²) < 4.78 is 21.2. The van der Waals surface area contributed by atoms with Crippen LogP contribution in [0, 0.1) is 0 Å². The lowest BCUT2D eigenvalue weighted by Crippen LogP contribution is -2.65. The van der Waals surface area contributed by atoms with Crippen LogP contribution in [0.15, 0.2) is 0 Å². The third-order valence-electron chi connectivity index (χ3n) is 3.35. The Labute approximate surface area is 160 Å². The summed E-state index contributed by atoms with van der Waals surface area (Å²) in [6, 6.07) is -0.974. The Balaban J connectivity index is 3.29. The molecular formula is C16H23NO9S. The maximum absolute atomic E-state index is 11.6. The van der Waals surface area contributed by atoms with E-state index < -0.39 is 53.6 Å². The highest BCUT2D eigenvalue weighted by Crippen LogP contribution is 2.32. The van der Waals surface area contributed by atoms with Crippen LogP contribution in [-0.2, 0) is 42.9 Å². The van der Waals surface area contributed by atoms with Gasteiger partial charge in [-0.05, 0) is 0 Å². The fourth-order valence-electron chi connectivity index (χ4n) is 2.55. The van der Waals surface area contributed by atoms with E-state index in [0.717, 1.165) is 25.6 Å². The number of carbonyl (C=O) groups excluding carboxylic acids is 5. The lowest BCUT2D eigenvalue weighted by molar-refractivity contribution is -0.211. The number of nitrogens with one attached hydrogen (secondary N) is 1. The Morgan fingerprint density at radius 1 is 0.889 bits per heavy atom. The van der Waals surface area contributed by atoms with Gasteiger partial charge in [0.05, 0.1) is 0 Å². The largest absolute Gasteiger partial charge is 0.463 e. The molecule has 1 rings (SSSR count). The maximum Gasteiger partial charge on any atom is 0.303 e. The molecule has 0 aliphatic carbocycles. The van der Waals surface area contributed by atoms with Crippen molar-refractivity contribution in [1.82, 2.24) is 5.32 Å². The van der Waals surface area contributed by atoms with Gasteiger partial charge in [0.15, 0.2) is 17.3 Å². The summed E-state index contributed by atoms with van der Waals surface area (Å²) in [6.07, 6.45) is -3.32. The first-order chi connectivity index (χ1) is 12.5. The van der Waals surface area contributed by atoms with E-state index in [2.05, 4.69) is 5.32 Å². The van der Waals surface area contributed by atoms with Crippen LogP contribution in [0.2, 0.25) is 0 Å². The predicted octanol–water partition coefficient (Wildman–Crippen LogP) is -0.0778. The minimum absolute atomic E-state index is 0.299. The molecule has 10 nitrogen and oxygen atoms in total. The molecule has 0 bridgehead atoms. The zero-order valence-corrected chi connectivity index (χ0v) is 16.5. The number of thioether (sulfide) groups is 1. The quantitative estimate of drug-likeness (QED) is 0.472. The Morgan fingerprint density at radius 2 is 1.44 bits per heavy atom. The van der Waals surface area contributed by atoms with Gasteiger partial charge in [-0.2, -0.15) is 0 Å². The third-order valence-corrected chi connectivity index (χ3v) is 4.32. The van der Waals surface area contributed by atoms with Gasteiger partial charge < -0.3 is 24.3 Å². The van der Waals surface area contributed by atoms with Crippen molar-refractivity contribution in [3.63, 3.8) is 0 Å². The average Bonchev–Trinajstić information content (AvgIpc) is 2.49. The van der Waals surface area contributed by atoms with E-state index in [1.165, 1.54) is 20.8 Å². The number of amides is 1. The second-order valence-corrected chi connectivity index (χ2v) is 7.10. The standard InChI is InChI=1S/C16H23NO9S/c1-7(18)17-13-15(25-10(4)21)14(24-9(3)20)12(6-23-8(2)19)26-16(13)27-11(5)22/h12-16H,6H2,1-5H3,(H,17,18)/t12-,13+,14-,15-,16-/m1/s1. The van der Waals surface area contributed by atoms with Gasteiger partial charge in [0, 0.05) is 34.6 Å². The van der Waals surface area contributed by atoms with Gasteiger partial charge in [0.25, 0.3) is 0 Å². The predicted molar refractivity (Wildman–Crippen MR) is 92.3 cm³/mol. The molecule has 0 unspecified atom stereocenters. The summed E-state index contributed by atoms with van der Waals surface area (Å²) >= 11 is 0.767. The van der Waals surface area contributed by atoms with Crippen LogP contribution in [0.3, 0.4) is 0 Å². The van der Waals surface area contributed by atoms with Crippen LogP contribution < -0.4 is 5.32 Å². The van der Waals surface area contributed by atoms with E-state index in [1.807, 2.05) is 0 Å². The van der Waals surface area contributed by atoms with Crippen LogP contribution in [0.1, 0.15) is 34.6 Å². The van der Waals surface area contributed by atoms with Crippen molar-refractivity contribution in [2.75, 3.05) is 6.61 Å². The highest BCUT2D eigenvalue weighted by Gasteiger charge is 2.51. The van der Waals surface area contributed by atoms with Gasteiger partial charge >= 0.3 is 17.9 Å². The summed E-state index contributed by atoms with van der Waals surface area (Å²) in [6.45, 7) is 5.74. The molecule has 27 heavy (non-hydrogen) atoms. The summed E-state index contributed by atoms with van der Waals surface area (Å²) in [7, 11) is 0. The van der Waals surface area contributed by atoms with Gasteiger partial charge in [0.1, 0.15) is 24.2 Å². The zero-order valence-electron chi connectivity index (χ0n) is 15.7. The summed E-state index contributed by atoms with van der Waals surface area (Å²) in [5, 5.41) is 2.26. The van der Waals surface area contributed by atoms with Crippen molar-refractivity contribution < 1.29 is 42.9 Å². The summed E-state index contributed by atoms with van der Waals surface area (Å²) in [5.41, 5.74) is -0.955. The molecule has 1 heterocycles. The van der Waals surface area contributed by atoms with Crippen LogP contribution in [0.5, 0.6) is 0 Å². The average molecular weight is 405 g/mol. The van der Waals surface area contributed by atoms with Crippen LogP contribution in [-0.4, -0.2) is 65.3 Å². The molecule has 5 atom stereocenters. The summed E-state index contributed by atoms with van der Waals surface area (Å²) in [5.74, 6) is -2.43. The van der Waals surface area contributed by atoms with E-state index >= 15 is 0 Å². The molecule has 1 amide bonds. The van der Waals surface area contributed by atoms with Crippen LogP contribution >= 0.6 is 11.8 Å². The molecule has 0 spiro atoms. The smallest absolute Gasteiger partial charge is 0.303 e. The lowest BCUT2D eigenvalue weighted by Gasteiger charge is -2.44. The SMILES string of the molecule is CC(=O)N[C@H]1[C@@H](OC(C)=O)[C@H](OC(C)=O)[C@@H](COC(C)=O)O[C@@H]1SC(C)=O. The van der Waals surface area contributed by atoms with E-state index in [9.17, 15) is 24.0 Å². The molecule has 0 radical (unpaired) electrons. The van der Waals surface area contributed by atoms with Gasteiger partial charge in [0.2, 0.25) is 5.91 Å². The number of hydrogen-bond donors (Lipinski definition) is 1. The van der Waals surface area contributed by atoms with Crippen molar-refractivity contribution in [2.45, 2.75) is 64.4 Å². The Bertz CT molecular complexity index is 609. The first-order valence-electron chi connectivity index (χ1n) is 8.08. The molecule has 1 aliphatic heterocycles. The van der Waals surface area contributed by atoms with E-state index in [1.54, 1.807) is 0 Å². The van der Waals surface area contributed by atoms with Gasteiger partial charge in [-0.1, -0.05) is 11.8 Å². The normalized spacial score (nSPS) is 27.2. The van der Waals surface area contributed by atoms with Crippen molar-refractivity contribution >= 4 is 40.7 Å². The molecule has 0 aromatic heterocycles. The number of ether oxygens (including phenoxy) is 4. The number of esters is 3. The van der Waals surface area contributed by atoms with Crippen molar-refractivity contribution in [3.05, 3.63) is 0 Å². The van der Waals surface area contributed by atoms with Gasteiger partial charge in [-0.15, -0.1) is 0 Å². The maximum atomic E-state index is 11.6. The van der Waals surface area contributed by atoms with Crippen LogP contribution in [0.4, 0.5) is 0 Å². The molecule has 1 fully saturated rings. The number of carbonyl (C=O) groups is 5. The Kier molecular flexibility index (Phi) is 8.70. The second-order valence-electron chi connectivity index (χ2n) is 5.83. The molecule has 0 aromatic carbocycles. The minimum Gasteiger partial charge on any atom is -0.463 e. The fourth-order valence-corrected chi connectivity index (χ4v) is 3.45. The van der Waals surface area contributed by atoms with Gasteiger partial charge in [-0.25, -0.2) is 0 Å². The Morgan fingerprint density at radius 3 is 1.89 bits per heavy atom. The third kappa shape index (κ3) is 7.55. The molecule has 1 saturated heterocycles. The lowest BCUT2D eigenvalue weighted by atomic mass is 9.97. The highest BCUT2D eigenvalue weighted by atomic mass is 32.2. The first-order valence-corrected chi connectivity index (χ1v) is 8.96.